The zero-order valence-corrected chi connectivity index (χ0v) is 12.3. The molecule has 0 bridgehead atoms. The van der Waals surface area contributed by atoms with E-state index in [1.165, 1.54) is 0 Å². The summed E-state index contributed by atoms with van der Waals surface area (Å²) >= 11 is 0. The summed E-state index contributed by atoms with van der Waals surface area (Å²) in [4.78, 5) is 2.03. The Hall–Kier alpha value is 0.0413. The van der Waals surface area contributed by atoms with Gasteiger partial charge in [-0.15, -0.1) is 5.46 Å². The van der Waals surface area contributed by atoms with Crippen LogP contribution in [0.5, 0.6) is 0 Å². The van der Waals surface area contributed by atoms with Crippen molar-refractivity contribution in [3.8, 4) is 0 Å². The van der Waals surface area contributed by atoms with Crippen molar-refractivity contribution in [2.75, 3.05) is 0 Å². The van der Waals surface area contributed by atoms with Crippen LogP contribution in [0.25, 0.3) is 10.9 Å². The van der Waals surface area contributed by atoms with Gasteiger partial charge in [0.15, 0.2) is 0 Å². The summed E-state index contributed by atoms with van der Waals surface area (Å²) in [7, 11) is 0. The van der Waals surface area contributed by atoms with Crippen molar-refractivity contribution in [1.82, 2.24) is 4.98 Å². The zero-order chi connectivity index (χ0) is 12.8. The quantitative estimate of drug-likeness (QED) is 0.572. The molecule has 9 heteroatoms. The molecular weight excluding hydrogens is 286 g/mol. The van der Waals surface area contributed by atoms with Gasteiger partial charge in [-0.25, -0.2) is 0 Å². The first-order valence-corrected chi connectivity index (χ1v) is 4.58. The molecule has 1 aromatic carbocycles. The zero-order valence-electron chi connectivity index (χ0n) is 9.15. The van der Waals surface area contributed by atoms with Crippen molar-refractivity contribution in [3.63, 3.8) is 0 Å². The fraction of sp³-hybridized carbons (Fsp3) is 0.111. The van der Waals surface area contributed by atoms with Gasteiger partial charge in [-0.1, -0.05) is 12.1 Å². The summed E-state index contributed by atoms with van der Waals surface area (Å²) in [5.41, 5.74) is -1.94. The maximum Gasteiger partial charge on any atom is 1.00 e. The maximum atomic E-state index is 12.4. The first kappa shape index (κ1) is 16.1. The first-order chi connectivity index (χ1) is 7.68. The second-order valence-electron chi connectivity index (χ2n) is 3.60. The van der Waals surface area contributed by atoms with Crippen LogP contribution in [0.1, 0.15) is 5.69 Å². The normalized spacial score (nSPS) is 12.6. The van der Waals surface area contributed by atoms with E-state index in [0.29, 0.717) is 12.1 Å². The van der Waals surface area contributed by atoms with Gasteiger partial charge in [-0.2, -0.15) is 13.2 Å². The third kappa shape index (κ3) is 3.32. The smallest absolute Gasteiger partial charge is 0.445 e. The fourth-order valence-corrected chi connectivity index (χ4v) is 1.51. The molecule has 0 saturated heterocycles. The molecule has 0 spiro atoms. The predicted molar refractivity (Wildman–Crippen MR) is 52.0 cm³/mol. The molecule has 1 nitrogen and oxygen atoms in total. The van der Waals surface area contributed by atoms with Crippen molar-refractivity contribution in [2.24, 2.45) is 0 Å². The SMILES string of the molecule is F[B-](F)(F)c1ccc2[nH]c(C(F)(F)F)cc2c1.[K+]. The summed E-state index contributed by atoms with van der Waals surface area (Å²) in [6.45, 7) is -5.20. The Kier molecular flexibility index (Phi) is 4.65. The van der Waals surface area contributed by atoms with Crippen molar-refractivity contribution in [3.05, 3.63) is 30.0 Å². The predicted octanol–water partition coefficient (Wildman–Crippen LogP) is 0.245. The molecular formula is C9H5BF6KN. The van der Waals surface area contributed by atoms with Gasteiger partial charge in [0.1, 0.15) is 5.69 Å². The molecule has 2 aromatic rings. The summed E-state index contributed by atoms with van der Waals surface area (Å²) in [5, 5.41) is -0.103. The van der Waals surface area contributed by atoms with E-state index >= 15 is 0 Å². The third-order valence-corrected chi connectivity index (χ3v) is 2.33. The van der Waals surface area contributed by atoms with Crippen LogP contribution < -0.4 is 56.8 Å². The average molecular weight is 291 g/mol. The van der Waals surface area contributed by atoms with Gasteiger partial charge in [0.05, 0.1) is 0 Å². The van der Waals surface area contributed by atoms with Crippen LogP contribution >= 0.6 is 0 Å². The van der Waals surface area contributed by atoms with Gasteiger partial charge in [0.25, 0.3) is 0 Å². The van der Waals surface area contributed by atoms with Crippen LogP contribution in [0.4, 0.5) is 26.1 Å². The van der Waals surface area contributed by atoms with Crippen molar-refractivity contribution in [2.45, 2.75) is 6.18 Å². The maximum absolute atomic E-state index is 12.4. The van der Waals surface area contributed by atoms with E-state index in [4.69, 9.17) is 0 Å². The van der Waals surface area contributed by atoms with E-state index in [-0.39, 0.29) is 62.3 Å². The molecule has 0 unspecified atom stereocenters. The monoisotopic (exact) mass is 291 g/mol. The molecule has 1 heterocycles. The Morgan fingerprint density at radius 1 is 1.00 bits per heavy atom. The minimum absolute atomic E-state index is 0. The molecule has 1 N–H and O–H groups in total. The number of nitrogens with one attached hydrogen (secondary N) is 1. The van der Waals surface area contributed by atoms with Gasteiger partial charge >= 0.3 is 64.5 Å². The Balaban J connectivity index is 0.00000162. The Labute approximate surface area is 140 Å². The van der Waals surface area contributed by atoms with Crippen molar-refractivity contribution in [1.29, 1.82) is 0 Å². The Morgan fingerprint density at radius 3 is 2.11 bits per heavy atom. The molecule has 0 aliphatic rings. The minimum atomic E-state index is -5.20. The van der Waals surface area contributed by atoms with E-state index in [2.05, 4.69) is 0 Å². The fourth-order valence-electron chi connectivity index (χ4n) is 1.51. The van der Waals surface area contributed by atoms with E-state index in [0.717, 1.165) is 12.1 Å². The van der Waals surface area contributed by atoms with E-state index in [1.807, 2.05) is 4.98 Å². The van der Waals surface area contributed by atoms with E-state index < -0.39 is 24.3 Å². The van der Waals surface area contributed by atoms with E-state index in [9.17, 15) is 26.1 Å². The average Bonchev–Trinajstić information content (AvgIpc) is 2.57. The van der Waals surface area contributed by atoms with Crippen LogP contribution in [-0.2, 0) is 6.18 Å². The first-order valence-electron chi connectivity index (χ1n) is 4.58. The second-order valence-corrected chi connectivity index (χ2v) is 3.60. The van der Waals surface area contributed by atoms with Crippen molar-refractivity contribution < 1.29 is 77.5 Å². The number of fused-ring (bicyclic) bond motifs is 1. The van der Waals surface area contributed by atoms with Crippen LogP contribution in [0.3, 0.4) is 0 Å². The van der Waals surface area contributed by atoms with Gasteiger partial charge in [-0.05, 0) is 17.5 Å². The van der Waals surface area contributed by atoms with Crippen LogP contribution in [-0.4, -0.2) is 12.0 Å². The number of hydrogen-bond donors (Lipinski definition) is 1. The number of aromatic nitrogens is 1. The Morgan fingerprint density at radius 2 is 1.61 bits per heavy atom. The van der Waals surface area contributed by atoms with Gasteiger partial charge < -0.3 is 17.9 Å². The molecule has 0 aliphatic carbocycles. The van der Waals surface area contributed by atoms with Gasteiger partial charge in [0.2, 0.25) is 0 Å². The molecule has 1 aromatic heterocycles. The molecule has 0 radical (unpaired) electrons. The molecule has 92 valence electrons. The standard InChI is InChI=1S/C9H5BF6N.K/c11-9(12,13)8-4-5-3-6(10(14,15)16)1-2-7(5)17-8;/h1-4,17H;/q-1;+1. The number of H-pyrrole nitrogens is 1. The van der Waals surface area contributed by atoms with Crippen molar-refractivity contribution >= 4 is 23.3 Å². The minimum Gasteiger partial charge on any atom is -0.445 e. The summed E-state index contributed by atoms with van der Waals surface area (Å²) in [6.07, 6.45) is -4.59. The number of hydrogen-bond acceptors (Lipinski definition) is 0. The molecule has 0 saturated carbocycles. The summed E-state index contributed by atoms with van der Waals surface area (Å²) < 4.78 is 74.1. The topological polar surface area (TPSA) is 15.8 Å². The Bertz CT molecular complexity index is 546. The number of rotatable bonds is 1. The molecule has 0 fully saturated rings. The molecule has 18 heavy (non-hydrogen) atoms. The molecule has 0 atom stereocenters. The number of halogens is 6. The largest absolute Gasteiger partial charge is 1.00 e. The number of benzene rings is 1. The molecule has 0 amide bonds. The van der Waals surface area contributed by atoms with Crippen LogP contribution in [0, 0.1) is 0 Å². The number of alkyl halides is 3. The third-order valence-electron chi connectivity index (χ3n) is 2.33. The summed E-state index contributed by atoms with van der Waals surface area (Å²) in [6, 6.07) is 3.13. The molecule has 0 aliphatic heterocycles. The van der Waals surface area contributed by atoms with Crippen LogP contribution in [0.15, 0.2) is 24.3 Å². The summed E-state index contributed by atoms with van der Waals surface area (Å²) in [5.74, 6) is 0. The van der Waals surface area contributed by atoms with Gasteiger partial charge in [0, 0.05) is 5.52 Å². The second kappa shape index (κ2) is 5.20. The van der Waals surface area contributed by atoms with E-state index in [1.54, 1.807) is 0 Å². The van der Waals surface area contributed by atoms with Gasteiger partial charge in [-0.3, -0.25) is 0 Å². The van der Waals surface area contributed by atoms with Crippen LogP contribution in [0.2, 0.25) is 0 Å². The molecule has 2 rings (SSSR count). The number of aromatic amines is 1.